The number of aromatic nitrogens is 3. The molecule has 1 fully saturated rings. The predicted molar refractivity (Wildman–Crippen MR) is 173 cm³/mol. The Hall–Kier alpha value is -4.17. The molecule has 4 aromatic rings. The van der Waals surface area contributed by atoms with Crippen molar-refractivity contribution in [3.05, 3.63) is 58.5 Å². The van der Waals surface area contributed by atoms with Gasteiger partial charge in [-0.2, -0.15) is 5.26 Å². The fourth-order valence-electron chi connectivity index (χ4n) is 5.62. The summed E-state index contributed by atoms with van der Waals surface area (Å²) in [7, 11) is 1.94. The average molecular weight is 618 g/mol. The summed E-state index contributed by atoms with van der Waals surface area (Å²) >= 11 is 1.30. The molecule has 0 saturated carbocycles. The highest BCUT2D eigenvalue weighted by Crippen LogP contribution is 2.38. The van der Waals surface area contributed by atoms with Crippen molar-refractivity contribution in [2.45, 2.75) is 65.9 Å². The Morgan fingerprint density at radius 1 is 1.16 bits per heavy atom. The molecule has 5 rings (SSSR count). The first-order valence-corrected chi connectivity index (χ1v) is 16.0. The second kappa shape index (κ2) is 12.8. The van der Waals surface area contributed by atoms with Crippen LogP contribution in [0.1, 0.15) is 63.1 Å². The molecule has 9 nitrogen and oxygen atoms in total. The number of aryl methyl sites for hydroxylation is 2. The molecular formula is C33H40FN7O2S. The normalized spacial score (nSPS) is 13.8. The third-order valence-electron chi connectivity index (χ3n) is 8.11. The fraction of sp³-hybridized carbons (Fsp3) is 0.455. The third-order valence-corrected chi connectivity index (χ3v) is 9.14. The molecule has 0 spiro atoms. The quantitative estimate of drug-likeness (QED) is 0.194. The smallest absolute Gasteiger partial charge is 0.410 e. The van der Waals surface area contributed by atoms with Gasteiger partial charge >= 0.3 is 6.09 Å². The predicted octanol–water partition coefficient (Wildman–Crippen LogP) is 7.33. The van der Waals surface area contributed by atoms with Crippen LogP contribution < -0.4 is 9.80 Å². The number of ether oxygens (including phenoxy) is 1. The molecule has 11 heteroatoms. The van der Waals surface area contributed by atoms with Gasteiger partial charge in [0.25, 0.3) is 0 Å². The van der Waals surface area contributed by atoms with Crippen molar-refractivity contribution in [2.24, 2.45) is 0 Å². The molecule has 1 aromatic carbocycles. The molecule has 0 radical (unpaired) electrons. The van der Waals surface area contributed by atoms with E-state index in [1.807, 2.05) is 25.8 Å². The van der Waals surface area contributed by atoms with Gasteiger partial charge in [0.1, 0.15) is 39.5 Å². The summed E-state index contributed by atoms with van der Waals surface area (Å²) in [5, 5.41) is 10.5. The standard InChI is InChI=1S/C33H40FN7O2S/c1-7-9-14-33(4,5)43-32(42)40-17-15-39(16-18-40)25-19-22(3)29-36-26(8-2)30(41(29)21-25)38(6)31-37-28(27(20-35)44-31)23-10-12-24(34)13-11-23/h10-13,19,21H,7-9,14-18H2,1-6H3. The van der Waals surface area contributed by atoms with E-state index in [4.69, 9.17) is 14.7 Å². The number of piperazine rings is 1. The lowest BCUT2D eigenvalue weighted by Crippen LogP contribution is -2.50. The lowest BCUT2D eigenvalue weighted by molar-refractivity contribution is 0.00652. The molecule has 0 bridgehead atoms. The number of unbranched alkanes of at least 4 members (excludes halogenated alkanes) is 1. The summed E-state index contributed by atoms with van der Waals surface area (Å²) in [6.45, 7) is 12.8. The van der Waals surface area contributed by atoms with Crippen LogP contribution in [0.2, 0.25) is 0 Å². The van der Waals surface area contributed by atoms with Crippen molar-refractivity contribution >= 4 is 39.7 Å². The number of anilines is 3. The van der Waals surface area contributed by atoms with Gasteiger partial charge in [0.2, 0.25) is 0 Å². The average Bonchev–Trinajstić information content (AvgIpc) is 3.62. The number of thiazole rings is 1. The van der Waals surface area contributed by atoms with E-state index in [0.717, 1.165) is 47.7 Å². The van der Waals surface area contributed by atoms with Crippen molar-refractivity contribution in [2.75, 3.05) is 43.0 Å². The van der Waals surface area contributed by atoms with E-state index in [-0.39, 0.29) is 11.9 Å². The molecule has 1 aliphatic heterocycles. The van der Waals surface area contributed by atoms with E-state index in [0.29, 0.717) is 53.9 Å². The van der Waals surface area contributed by atoms with Gasteiger partial charge in [-0.3, -0.25) is 4.40 Å². The summed E-state index contributed by atoms with van der Waals surface area (Å²) in [4.78, 5) is 29.2. The van der Waals surface area contributed by atoms with Crippen LogP contribution >= 0.6 is 11.3 Å². The van der Waals surface area contributed by atoms with Gasteiger partial charge in [-0.05, 0) is 75.9 Å². The molecule has 1 saturated heterocycles. The van der Waals surface area contributed by atoms with Crippen LogP contribution in [-0.4, -0.2) is 64.2 Å². The number of hydrogen-bond acceptors (Lipinski definition) is 8. The molecule has 1 aliphatic rings. The van der Waals surface area contributed by atoms with E-state index in [2.05, 4.69) is 48.4 Å². The maximum Gasteiger partial charge on any atom is 0.410 e. The maximum absolute atomic E-state index is 13.6. The van der Waals surface area contributed by atoms with Crippen molar-refractivity contribution in [1.82, 2.24) is 19.3 Å². The summed E-state index contributed by atoms with van der Waals surface area (Å²) in [5.74, 6) is 0.546. The highest BCUT2D eigenvalue weighted by Gasteiger charge is 2.29. The van der Waals surface area contributed by atoms with Gasteiger partial charge in [-0.1, -0.05) is 31.6 Å². The lowest BCUT2D eigenvalue weighted by Gasteiger charge is -2.37. The minimum Gasteiger partial charge on any atom is -0.443 e. The van der Waals surface area contributed by atoms with Gasteiger partial charge in [-0.15, -0.1) is 0 Å². The molecule has 4 heterocycles. The molecule has 232 valence electrons. The van der Waals surface area contributed by atoms with Gasteiger partial charge in [0.05, 0.1) is 11.4 Å². The maximum atomic E-state index is 13.6. The fourth-order valence-corrected chi connectivity index (χ4v) is 6.47. The number of benzene rings is 1. The first kappa shape index (κ1) is 31.3. The highest BCUT2D eigenvalue weighted by molar-refractivity contribution is 7.16. The van der Waals surface area contributed by atoms with Crippen LogP contribution in [0.25, 0.3) is 16.9 Å². The number of carbonyl (C=O) groups is 1. The topological polar surface area (TPSA) is 90.0 Å². The zero-order valence-corrected chi connectivity index (χ0v) is 27.2. The van der Waals surface area contributed by atoms with Gasteiger partial charge in [0.15, 0.2) is 5.13 Å². The van der Waals surface area contributed by atoms with Crippen LogP contribution in [0.4, 0.5) is 25.8 Å². The van der Waals surface area contributed by atoms with E-state index >= 15 is 0 Å². The number of amides is 1. The lowest BCUT2D eigenvalue weighted by atomic mass is 10.0. The number of nitrogens with zero attached hydrogens (tertiary/aromatic N) is 7. The third kappa shape index (κ3) is 6.36. The summed E-state index contributed by atoms with van der Waals surface area (Å²) in [6.07, 6.45) is 5.51. The number of rotatable bonds is 9. The zero-order valence-electron chi connectivity index (χ0n) is 26.4. The largest absolute Gasteiger partial charge is 0.443 e. The van der Waals surface area contributed by atoms with Gasteiger partial charge in [-0.25, -0.2) is 19.2 Å². The Morgan fingerprint density at radius 3 is 2.50 bits per heavy atom. The molecule has 1 amide bonds. The number of halogens is 1. The van der Waals surface area contributed by atoms with Crippen molar-refractivity contribution in [3.8, 4) is 17.3 Å². The van der Waals surface area contributed by atoms with E-state index in [1.54, 1.807) is 17.0 Å². The van der Waals surface area contributed by atoms with Crippen molar-refractivity contribution in [3.63, 3.8) is 0 Å². The summed E-state index contributed by atoms with van der Waals surface area (Å²) < 4.78 is 21.5. The molecule has 0 aliphatic carbocycles. The number of nitriles is 1. The van der Waals surface area contributed by atoms with Gasteiger partial charge < -0.3 is 19.4 Å². The number of imidazole rings is 1. The number of pyridine rings is 1. The Kier molecular flexibility index (Phi) is 9.11. The number of hydrogen-bond donors (Lipinski definition) is 0. The molecular weight excluding hydrogens is 577 g/mol. The monoisotopic (exact) mass is 617 g/mol. The molecule has 0 unspecified atom stereocenters. The SMILES string of the molecule is CCCCC(C)(C)OC(=O)N1CCN(c2cc(C)c3nc(CC)c(N(C)c4nc(-c5ccc(F)cc5)c(C#N)s4)n3c2)CC1. The van der Waals surface area contributed by atoms with Crippen LogP contribution in [-0.2, 0) is 11.2 Å². The second-order valence-electron chi connectivity index (χ2n) is 11.9. The molecule has 3 aromatic heterocycles. The van der Waals surface area contributed by atoms with Crippen molar-refractivity contribution < 1.29 is 13.9 Å². The Morgan fingerprint density at radius 2 is 1.86 bits per heavy atom. The van der Waals surface area contributed by atoms with E-state index < -0.39 is 5.60 Å². The Labute approximate surface area is 262 Å². The first-order chi connectivity index (χ1) is 21.0. The molecule has 44 heavy (non-hydrogen) atoms. The zero-order chi connectivity index (χ0) is 31.6. The Bertz CT molecular complexity index is 1680. The minimum atomic E-state index is -0.474. The van der Waals surface area contributed by atoms with Crippen LogP contribution in [0.15, 0.2) is 36.5 Å². The van der Waals surface area contributed by atoms with E-state index in [1.165, 1.54) is 23.5 Å². The molecule has 0 N–H and O–H groups in total. The summed E-state index contributed by atoms with van der Waals surface area (Å²) in [5.41, 5.74) is 4.62. The second-order valence-corrected chi connectivity index (χ2v) is 12.8. The Balaban J connectivity index is 1.40. The van der Waals surface area contributed by atoms with Crippen LogP contribution in [0.5, 0.6) is 0 Å². The number of fused-ring (bicyclic) bond motifs is 1. The number of carbonyl (C=O) groups excluding carboxylic acids is 1. The van der Waals surface area contributed by atoms with Crippen LogP contribution in [0.3, 0.4) is 0 Å². The first-order valence-electron chi connectivity index (χ1n) is 15.2. The minimum absolute atomic E-state index is 0.247. The van der Waals surface area contributed by atoms with E-state index in [9.17, 15) is 14.4 Å². The van der Waals surface area contributed by atoms with Crippen molar-refractivity contribution in [1.29, 1.82) is 5.26 Å². The van der Waals surface area contributed by atoms with Crippen LogP contribution in [0, 0.1) is 24.1 Å². The molecule has 0 atom stereocenters. The van der Waals surface area contributed by atoms with Gasteiger partial charge in [0, 0.05) is 45.0 Å². The summed E-state index contributed by atoms with van der Waals surface area (Å²) in [6, 6.07) is 10.4. The highest BCUT2D eigenvalue weighted by atomic mass is 32.1.